The number of benzene rings is 2. The maximum absolute atomic E-state index is 12.2. The molecular formula is C28H36ClN3O. The van der Waals surface area contributed by atoms with E-state index in [1.807, 2.05) is 12.1 Å². The van der Waals surface area contributed by atoms with Crippen molar-refractivity contribution in [1.29, 1.82) is 0 Å². The molecule has 0 saturated carbocycles. The number of halogens is 1. The number of nitrogens with two attached hydrogens (primary N) is 1. The number of nitrogens with zero attached hydrogens (tertiary/aromatic N) is 2. The average molecular weight is 466 g/mol. The maximum atomic E-state index is 12.2. The number of carbonyl (C=O) groups excluding carboxylic acids is 1. The molecule has 4 nitrogen and oxygen atoms in total. The number of aromatic nitrogens is 2. The van der Waals surface area contributed by atoms with E-state index in [0.717, 1.165) is 53.3 Å². The molecule has 2 aromatic carbocycles. The maximum Gasteiger partial charge on any atom is 0.162 e. The van der Waals surface area contributed by atoms with E-state index in [1.54, 1.807) is 13.8 Å². The Bertz CT molecular complexity index is 1190. The second-order valence-corrected chi connectivity index (χ2v) is 9.89. The van der Waals surface area contributed by atoms with Gasteiger partial charge in [0, 0.05) is 29.3 Å². The monoisotopic (exact) mass is 465 g/mol. The zero-order valence-electron chi connectivity index (χ0n) is 20.7. The quantitative estimate of drug-likeness (QED) is 0.349. The first kappa shape index (κ1) is 25.0. The summed E-state index contributed by atoms with van der Waals surface area (Å²) in [6, 6.07) is 12.5. The van der Waals surface area contributed by atoms with Crippen molar-refractivity contribution in [2.75, 3.05) is 0 Å². The molecule has 5 heteroatoms. The van der Waals surface area contributed by atoms with Crippen LogP contribution in [0.25, 0.3) is 16.6 Å². The Morgan fingerprint density at radius 1 is 1.09 bits per heavy atom. The summed E-state index contributed by atoms with van der Waals surface area (Å²) in [4.78, 5) is 17.2. The van der Waals surface area contributed by atoms with E-state index < -0.39 is 0 Å². The predicted octanol–water partition coefficient (Wildman–Crippen LogP) is 6.92. The van der Waals surface area contributed by atoms with E-state index in [4.69, 9.17) is 22.3 Å². The molecule has 0 bridgehead atoms. The first-order valence-corrected chi connectivity index (χ1v) is 12.2. The van der Waals surface area contributed by atoms with Crippen LogP contribution < -0.4 is 5.73 Å². The zero-order chi connectivity index (χ0) is 24.3. The molecule has 176 valence electrons. The van der Waals surface area contributed by atoms with E-state index in [-0.39, 0.29) is 5.78 Å². The van der Waals surface area contributed by atoms with Gasteiger partial charge in [-0.3, -0.25) is 4.79 Å². The molecule has 33 heavy (non-hydrogen) atoms. The summed E-state index contributed by atoms with van der Waals surface area (Å²) >= 11 is 6.52. The SMILES string of the molecule is CCC(C)Cn1c(CCc2ccc(C(C)C)c(Cl)c2)nc2cc(/C(C(C)=O)=C(\C)N)ccc21. The van der Waals surface area contributed by atoms with E-state index >= 15 is 0 Å². The van der Waals surface area contributed by atoms with Gasteiger partial charge in [-0.1, -0.05) is 63.9 Å². The van der Waals surface area contributed by atoms with Crippen LogP contribution in [-0.2, 0) is 24.2 Å². The molecule has 1 atom stereocenters. The lowest BCUT2D eigenvalue weighted by molar-refractivity contribution is -0.111. The molecule has 0 aliphatic carbocycles. The van der Waals surface area contributed by atoms with E-state index in [2.05, 4.69) is 56.5 Å². The fourth-order valence-corrected chi connectivity index (χ4v) is 4.75. The molecule has 3 aromatic rings. The molecule has 2 N–H and O–H groups in total. The van der Waals surface area contributed by atoms with Gasteiger partial charge >= 0.3 is 0 Å². The van der Waals surface area contributed by atoms with Crippen LogP contribution in [0, 0.1) is 5.92 Å². The fraction of sp³-hybridized carbons (Fsp3) is 0.429. The van der Waals surface area contributed by atoms with Gasteiger partial charge in [0.1, 0.15) is 5.82 Å². The van der Waals surface area contributed by atoms with Crippen molar-refractivity contribution in [1.82, 2.24) is 9.55 Å². The van der Waals surface area contributed by atoms with Crippen LogP contribution in [0.1, 0.15) is 76.4 Å². The highest BCUT2D eigenvalue weighted by atomic mass is 35.5. The van der Waals surface area contributed by atoms with Crippen molar-refractivity contribution in [2.45, 2.75) is 73.3 Å². The number of allylic oxidation sites excluding steroid dienone is 2. The standard InChI is InChI=1S/C28H36ClN3O/c1-7-18(4)16-32-26-12-10-22(28(19(5)30)20(6)33)15-25(26)31-27(32)13-9-21-8-11-23(17(2)3)24(29)14-21/h8,10-12,14-15,17-18H,7,9,13,16,30H2,1-6H3/b28-19+. The van der Waals surface area contributed by atoms with Gasteiger partial charge < -0.3 is 10.3 Å². The topological polar surface area (TPSA) is 60.9 Å². The van der Waals surface area contributed by atoms with Crippen LogP contribution in [0.5, 0.6) is 0 Å². The van der Waals surface area contributed by atoms with Crippen molar-refractivity contribution in [3.63, 3.8) is 0 Å². The lowest BCUT2D eigenvalue weighted by Crippen LogP contribution is -2.11. The number of hydrogen-bond donors (Lipinski definition) is 1. The lowest BCUT2D eigenvalue weighted by atomic mass is 10.00. The van der Waals surface area contributed by atoms with E-state index in [0.29, 0.717) is 23.1 Å². The van der Waals surface area contributed by atoms with Gasteiger partial charge in [-0.25, -0.2) is 4.98 Å². The number of Topliss-reactive ketones (excluding diaryl/α,β-unsaturated/α-hetero) is 1. The molecule has 0 saturated heterocycles. The second kappa shape index (κ2) is 10.6. The Hall–Kier alpha value is -2.59. The highest BCUT2D eigenvalue weighted by Crippen LogP contribution is 2.28. The molecule has 1 unspecified atom stereocenters. The number of fused-ring (bicyclic) bond motifs is 1. The molecule has 0 aliphatic rings. The summed E-state index contributed by atoms with van der Waals surface area (Å²) in [5.74, 6) is 1.98. The lowest BCUT2D eigenvalue weighted by Gasteiger charge is -2.15. The molecule has 1 aromatic heterocycles. The van der Waals surface area contributed by atoms with Crippen LogP contribution in [0.2, 0.25) is 5.02 Å². The molecule has 0 radical (unpaired) electrons. The first-order chi connectivity index (χ1) is 15.6. The van der Waals surface area contributed by atoms with Crippen LogP contribution in [0.15, 0.2) is 42.1 Å². The van der Waals surface area contributed by atoms with Crippen molar-refractivity contribution in [3.05, 3.63) is 69.6 Å². The first-order valence-electron chi connectivity index (χ1n) is 11.9. The highest BCUT2D eigenvalue weighted by molar-refractivity contribution is 6.31. The van der Waals surface area contributed by atoms with Gasteiger partial charge in [0.05, 0.1) is 11.0 Å². The van der Waals surface area contributed by atoms with Crippen molar-refractivity contribution in [3.8, 4) is 0 Å². The smallest absolute Gasteiger partial charge is 0.162 e. The summed E-state index contributed by atoms with van der Waals surface area (Å²) in [6.07, 6.45) is 2.80. The minimum atomic E-state index is -0.0321. The van der Waals surface area contributed by atoms with Gasteiger partial charge in [-0.05, 0) is 67.0 Å². The van der Waals surface area contributed by atoms with Gasteiger partial charge in [0.25, 0.3) is 0 Å². The number of imidazole rings is 1. The molecule has 0 fully saturated rings. The number of aryl methyl sites for hydroxylation is 2. The Morgan fingerprint density at radius 3 is 2.39 bits per heavy atom. The summed E-state index contributed by atoms with van der Waals surface area (Å²) in [6.45, 7) is 13.0. The van der Waals surface area contributed by atoms with Gasteiger partial charge in [0.2, 0.25) is 0 Å². The van der Waals surface area contributed by atoms with E-state index in [1.165, 1.54) is 11.1 Å². The average Bonchev–Trinajstić information content (AvgIpc) is 3.08. The van der Waals surface area contributed by atoms with Crippen LogP contribution in [0.3, 0.4) is 0 Å². The highest BCUT2D eigenvalue weighted by Gasteiger charge is 2.17. The molecule has 0 aliphatic heterocycles. The Labute approximate surface area is 202 Å². The molecule has 0 amide bonds. The molecule has 1 heterocycles. The third kappa shape index (κ3) is 5.67. The third-order valence-electron chi connectivity index (χ3n) is 6.38. The van der Waals surface area contributed by atoms with Crippen LogP contribution >= 0.6 is 11.6 Å². The fourth-order valence-electron chi connectivity index (χ4n) is 4.33. The number of hydrogen-bond acceptors (Lipinski definition) is 3. The van der Waals surface area contributed by atoms with E-state index in [9.17, 15) is 4.79 Å². The van der Waals surface area contributed by atoms with Crippen molar-refractivity contribution in [2.24, 2.45) is 11.7 Å². The van der Waals surface area contributed by atoms with Crippen LogP contribution in [0.4, 0.5) is 0 Å². The molecular weight excluding hydrogens is 430 g/mol. The third-order valence-corrected chi connectivity index (χ3v) is 6.71. The summed E-state index contributed by atoms with van der Waals surface area (Å²) in [5.41, 5.74) is 12.3. The van der Waals surface area contributed by atoms with Crippen LogP contribution in [-0.4, -0.2) is 15.3 Å². The minimum Gasteiger partial charge on any atom is -0.402 e. The van der Waals surface area contributed by atoms with Crippen molar-refractivity contribution >= 4 is 34.0 Å². The zero-order valence-corrected chi connectivity index (χ0v) is 21.5. The number of ketones is 1. The summed E-state index contributed by atoms with van der Waals surface area (Å²) in [7, 11) is 0. The number of carbonyl (C=O) groups is 1. The Kier molecular flexibility index (Phi) is 8.01. The summed E-state index contributed by atoms with van der Waals surface area (Å²) < 4.78 is 2.34. The number of rotatable bonds is 9. The Balaban J connectivity index is 1.98. The summed E-state index contributed by atoms with van der Waals surface area (Å²) in [5, 5.41) is 0.834. The van der Waals surface area contributed by atoms with Crippen molar-refractivity contribution < 1.29 is 4.79 Å². The van der Waals surface area contributed by atoms with Gasteiger partial charge in [-0.2, -0.15) is 0 Å². The minimum absolute atomic E-state index is 0.0321. The normalized spacial score (nSPS) is 13.5. The van der Waals surface area contributed by atoms with Gasteiger partial charge in [-0.15, -0.1) is 0 Å². The largest absolute Gasteiger partial charge is 0.402 e. The molecule has 3 rings (SSSR count). The predicted molar refractivity (Wildman–Crippen MR) is 140 cm³/mol. The second-order valence-electron chi connectivity index (χ2n) is 9.48. The molecule has 0 spiro atoms. The Morgan fingerprint density at radius 2 is 1.82 bits per heavy atom. The van der Waals surface area contributed by atoms with Gasteiger partial charge in [0.15, 0.2) is 5.78 Å².